The summed E-state index contributed by atoms with van der Waals surface area (Å²) in [6.07, 6.45) is 2.13. The van der Waals surface area contributed by atoms with E-state index in [0.29, 0.717) is 12.1 Å². The molecule has 0 radical (unpaired) electrons. The molecule has 1 aliphatic heterocycles. The zero-order valence-electron chi connectivity index (χ0n) is 13.4. The van der Waals surface area contributed by atoms with Gasteiger partial charge in [-0.1, -0.05) is 22.0 Å². The summed E-state index contributed by atoms with van der Waals surface area (Å²) < 4.78 is 0.997. The van der Waals surface area contributed by atoms with Crippen molar-refractivity contribution in [2.45, 2.75) is 45.7 Å². The van der Waals surface area contributed by atoms with Crippen LogP contribution in [0.2, 0.25) is 0 Å². The number of hydrogen-bond donors (Lipinski definition) is 0. The molecule has 4 heteroatoms. The van der Waals surface area contributed by atoms with Gasteiger partial charge >= 0.3 is 0 Å². The molecule has 3 nitrogen and oxygen atoms in total. The predicted octanol–water partition coefficient (Wildman–Crippen LogP) is 3.70. The first-order chi connectivity index (χ1) is 9.91. The van der Waals surface area contributed by atoms with E-state index >= 15 is 0 Å². The van der Waals surface area contributed by atoms with Crippen molar-refractivity contribution in [1.29, 1.82) is 0 Å². The highest BCUT2D eigenvalue weighted by atomic mass is 79.9. The molecule has 1 aromatic rings. The Labute approximate surface area is 136 Å². The maximum atomic E-state index is 12.7. The summed E-state index contributed by atoms with van der Waals surface area (Å²) in [5, 5.41) is 0. The highest BCUT2D eigenvalue weighted by Gasteiger charge is 2.27. The first-order valence-corrected chi connectivity index (χ1v) is 8.47. The van der Waals surface area contributed by atoms with Crippen LogP contribution in [0.15, 0.2) is 22.7 Å². The quantitative estimate of drug-likeness (QED) is 0.827. The summed E-state index contributed by atoms with van der Waals surface area (Å²) in [5.41, 5.74) is 1.83. The molecule has 0 aliphatic carbocycles. The van der Waals surface area contributed by atoms with Gasteiger partial charge in [0.1, 0.15) is 0 Å². The van der Waals surface area contributed by atoms with Crippen LogP contribution in [0.1, 0.15) is 42.6 Å². The summed E-state index contributed by atoms with van der Waals surface area (Å²) in [7, 11) is 1.94. The minimum absolute atomic E-state index is 0.136. The van der Waals surface area contributed by atoms with E-state index in [2.05, 4.69) is 34.7 Å². The highest BCUT2D eigenvalue weighted by Crippen LogP contribution is 2.23. The van der Waals surface area contributed by atoms with E-state index in [1.54, 1.807) is 0 Å². The average molecular weight is 353 g/mol. The fourth-order valence-corrected chi connectivity index (χ4v) is 3.35. The molecule has 0 N–H and O–H groups in total. The zero-order valence-corrected chi connectivity index (χ0v) is 15.0. The number of carbonyl (C=O) groups is 1. The van der Waals surface area contributed by atoms with E-state index in [0.717, 1.165) is 41.5 Å². The van der Waals surface area contributed by atoms with Gasteiger partial charge in [-0.3, -0.25) is 4.79 Å². The number of benzene rings is 1. The Morgan fingerprint density at radius 3 is 2.52 bits per heavy atom. The van der Waals surface area contributed by atoms with Crippen molar-refractivity contribution in [1.82, 2.24) is 9.80 Å². The minimum Gasteiger partial charge on any atom is -0.339 e. The Bertz CT molecular complexity index is 508. The lowest BCUT2D eigenvalue weighted by Crippen LogP contribution is -2.47. The smallest absolute Gasteiger partial charge is 0.254 e. The van der Waals surface area contributed by atoms with Crippen LogP contribution in [-0.2, 0) is 0 Å². The van der Waals surface area contributed by atoms with Gasteiger partial charge in [0, 0.05) is 42.3 Å². The van der Waals surface area contributed by atoms with E-state index in [9.17, 15) is 4.79 Å². The predicted molar refractivity (Wildman–Crippen MR) is 90.7 cm³/mol. The van der Waals surface area contributed by atoms with Crippen molar-refractivity contribution in [3.05, 3.63) is 33.8 Å². The van der Waals surface area contributed by atoms with E-state index < -0.39 is 0 Å². The van der Waals surface area contributed by atoms with Gasteiger partial charge in [0.2, 0.25) is 0 Å². The van der Waals surface area contributed by atoms with E-state index in [-0.39, 0.29) is 5.91 Å². The molecule has 1 saturated heterocycles. The number of amides is 1. The lowest BCUT2D eigenvalue weighted by atomic mass is 10.0. The Kier molecular flexibility index (Phi) is 5.44. The van der Waals surface area contributed by atoms with E-state index in [1.165, 1.54) is 0 Å². The van der Waals surface area contributed by atoms with Crippen molar-refractivity contribution in [2.75, 3.05) is 20.1 Å². The monoisotopic (exact) mass is 352 g/mol. The largest absolute Gasteiger partial charge is 0.339 e. The normalized spacial score (nSPS) is 17.2. The van der Waals surface area contributed by atoms with Crippen LogP contribution in [0.3, 0.4) is 0 Å². The Morgan fingerprint density at radius 1 is 1.33 bits per heavy atom. The second-order valence-corrected chi connectivity index (χ2v) is 7.04. The van der Waals surface area contributed by atoms with Gasteiger partial charge in [0.25, 0.3) is 5.91 Å². The maximum Gasteiger partial charge on any atom is 0.254 e. The second kappa shape index (κ2) is 6.93. The second-order valence-electron chi connectivity index (χ2n) is 6.19. The molecule has 21 heavy (non-hydrogen) atoms. The molecule has 0 atom stereocenters. The number of rotatable bonds is 3. The lowest BCUT2D eigenvalue weighted by molar-refractivity contribution is 0.0614. The molecule has 0 spiro atoms. The number of carbonyl (C=O) groups excluding carboxylic acids is 1. The van der Waals surface area contributed by atoms with E-state index in [4.69, 9.17) is 0 Å². The number of likely N-dealkylation sites (tertiary alicyclic amines) is 1. The number of hydrogen-bond acceptors (Lipinski definition) is 2. The van der Waals surface area contributed by atoms with Gasteiger partial charge in [-0.2, -0.15) is 0 Å². The van der Waals surface area contributed by atoms with Crippen LogP contribution in [0.5, 0.6) is 0 Å². The summed E-state index contributed by atoms with van der Waals surface area (Å²) >= 11 is 3.51. The molecule has 1 heterocycles. The molecule has 0 bridgehead atoms. The first kappa shape index (κ1) is 16.5. The third-order valence-electron chi connectivity index (χ3n) is 4.60. The van der Waals surface area contributed by atoms with Gasteiger partial charge in [0.05, 0.1) is 0 Å². The molecule has 1 amide bonds. The molecule has 2 rings (SSSR count). The van der Waals surface area contributed by atoms with Gasteiger partial charge in [0.15, 0.2) is 0 Å². The van der Waals surface area contributed by atoms with Crippen LogP contribution < -0.4 is 0 Å². The molecule has 0 saturated carbocycles. The third kappa shape index (κ3) is 3.67. The SMILES string of the molecule is Cc1c(Br)cccc1C(=O)N(C)C1CCN(C(C)C)CC1. The first-order valence-electron chi connectivity index (χ1n) is 7.68. The lowest BCUT2D eigenvalue weighted by Gasteiger charge is -2.38. The van der Waals surface area contributed by atoms with Crippen molar-refractivity contribution in [2.24, 2.45) is 0 Å². The maximum absolute atomic E-state index is 12.7. The van der Waals surface area contributed by atoms with Crippen LogP contribution in [0, 0.1) is 6.92 Å². The molecule has 1 aromatic carbocycles. The molecule has 116 valence electrons. The molecule has 1 fully saturated rings. The topological polar surface area (TPSA) is 23.6 Å². The minimum atomic E-state index is 0.136. The summed E-state index contributed by atoms with van der Waals surface area (Å²) in [6.45, 7) is 8.63. The summed E-state index contributed by atoms with van der Waals surface area (Å²) in [4.78, 5) is 17.1. The van der Waals surface area contributed by atoms with E-state index in [1.807, 2.05) is 37.1 Å². The van der Waals surface area contributed by atoms with Crippen LogP contribution in [0.4, 0.5) is 0 Å². The molecular weight excluding hydrogens is 328 g/mol. The average Bonchev–Trinajstić information content (AvgIpc) is 2.48. The van der Waals surface area contributed by atoms with Crippen LogP contribution >= 0.6 is 15.9 Å². The fourth-order valence-electron chi connectivity index (χ4n) is 2.98. The molecule has 1 aliphatic rings. The Hall–Kier alpha value is -0.870. The van der Waals surface area contributed by atoms with Crippen LogP contribution in [0.25, 0.3) is 0 Å². The van der Waals surface area contributed by atoms with Crippen molar-refractivity contribution < 1.29 is 4.79 Å². The third-order valence-corrected chi connectivity index (χ3v) is 5.45. The Morgan fingerprint density at radius 2 is 1.95 bits per heavy atom. The van der Waals surface area contributed by atoms with Gasteiger partial charge in [-0.05, 0) is 51.3 Å². The summed E-state index contributed by atoms with van der Waals surface area (Å²) in [6, 6.07) is 6.78. The number of piperidine rings is 1. The fraction of sp³-hybridized carbons (Fsp3) is 0.588. The number of halogens is 1. The van der Waals surface area contributed by atoms with Crippen LogP contribution in [-0.4, -0.2) is 47.9 Å². The van der Waals surface area contributed by atoms with Gasteiger partial charge in [-0.15, -0.1) is 0 Å². The van der Waals surface area contributed by atoms with Crippen molar-refractivity contribution in [3.63, 3.8) is 0 Å². The summed E-state index contributed by atoms with van der Waals surface area (Å²) in [5.74, 6) is 0.136. The highest BCUT2D eigenvalue weighted by molar-refractivity contribution is 9.10. The molecule has 0 unspecified atom stereocenters. The number of nitrogens with zero attached hydrogens (tertiary/aromatic N) is 2. The van der Waals surface area contributed by atoms with Gasteiger partial charge in [-0.25, -0.2) is 0 Å². The zero-order chi connectivity index (χ0) is 15.6. The standard InChI is InChI=1S/C17H25BrN2O/c1-12(2)20-10-8-14(9-11-20)19(4)17(21)15-6-5-7-16(18)13(15)3/h5-7,12,14H,8-11H2,1-4H3. The Balaban J connectivity index is 2.05. The van der Waals surface area contributed by atoms with Crippen molar-refractivity contribution in [3.8, 4) is 0 Å². The van der Waals surface area contributed by atoms with Crippen molar-refractivity contribution >= 4 is 21.8 Å². The molecular formula is C17H25BrN2O. The van der Waals surface area contributed by atoms with Gasteiger partial charge < -0.3 is 9.80 Å². The molecule has 0 aromatic heterocycles.